The number of nitrogens with one attached hydrogen (secondary N) is 2. The maximum Gasteiger partial charge on any atom is 0.255 e. The first-order valence-corrected chi connectivity index (χ1v) is 7.73. The van der Waals surface area contributed by atoms with E-state index in [2.05, 4.69) is 22.5 Å². The average molecular weight is 293 g/mol. The van der Waals surface area contributed by atoms with Crippen LogP contribution < -0.4 is 10.6 Å². The summed E-state index contributed by atoms with van der Waals surface area (Å²) in [4.78, 5) is 16.4. The Bertz CT molecular complexity index is 422. The third kappa shape index (κ3) is 7.09. The molecule has 0 aliphatic rings. The topological polar surface area (TPSA) is 63.2 Å². The van der Waals surface area contributed by atoms with Crippen LogP contribution in [-0.4, -0.2) is 36.7 Å². The van der Waals surface area contributed by atoms with Gasteiger partial charge < -0.3 is 15.4 Å². The Labute approximate surface area is 127 Å². The highest BCUT2D eigenvalue weighted by atomic mass is 16.5. The molecule has 0 saturated heterocycles. The van der Waals surface area contributed by atoms with Gasteiger partial charge in [-0.15, -0.1) is 0 Å². The van der Waals surface area contributed by atoms with Crippen molar-refractivity contribution in [3.8, 4) is 0 Å². The minimum atomic E-state index is -0.0773. The number of nitrogens with zero attached hydrogens (tertiary/aromatic N) is 1. The first-order valence-electron chi connectivity index (χ1n) is 7.73. The maximum absolute atomic E-state index is 12.1. The van der Waals surface area contributed by atoms with Gasteiger partial charge in [-0.05, 0) is 45.2 Å². The van der Waals surface area contributed by atoms with Crippen LogP contribution in [0.4, 0.5) is 5.82 Å². The fraction of sp³-hybridized carbons (Fsp3) is 0.625. The Morgan fingerprint density at radius 2 is 2.14 bits per heavy atom. The number of amides is 1. The number of hydrogen-bond acceptors (Lipinski definition) is 4. The molecule has 0 fully saturated rings. The molecule has 2 N–H and O–H groups in total. The van der Waals surface area contributed by atoms with E-state index in [1.165, 1.54) is 0 Å². The number of carbonyl (C=O) groups is 1. The number of carbonyl (C=O) groups excluding carboxylic acids is 1. The maximum atomic E-state index is 12.1. The van der Waals surface area contributed by atoms with Crippen LogP contribution in [0, 0.1) is 0 Å². The van der Waals surface area contributed by atoms with Crippen molar-refractivity contribution in [3.05, 3.63) is 23.9 Å². The predicted molar refractivity (Wildman–Crippen MR) is 85.7 cm³/mol. The van der Waals surface area contributed by atoms with Crippen LogP contribution in [0.5, 0.6) is 0 Å². The van der Waals surface area contributed by atoms with Crippen LogP contribution in [0.3, 0.4) is 0 Å². The van der Waals surface area contributed by atoms with Gasteiger partial charge in [0.15, 0.2) is 0 Å². The van der Waals surface area contributed by atoms with Gasteiger partial charge >= 0.3 is 0 Å². The third-order valence-corrected chi connectivity index (χ3v) is 2.90. The van der Waals surface area contributed by atoms with Crippen molar-refractivity contribution in [2.45, 2.75) is 46.1 Å². The van der Waals surface area contributed by atoms with E-state index in [1.54, 1.807) is 18.3 Å². The Hall–Kier alpha value is -1.62. The fourth-order valence-electron chi connectivity index (χ4n) is 1.82. The van der Waals surface area contributed by atoms with Gasteiger partial charge in [0, 0.05) is 25.9 Å². The van der Waals surface area contributed by atoms with Crippen molar-refractivity contribution in [3.63, 3.8) is 0 Å². The summed E-state index contributed by atoms with van der Waals surface area (Å²) in [6, 6.07) is 3.57. The zero-order chi connectivity index (χ0) is 15.5. The number of unbranched alkanes of at least 4 members (excludes halogenated alkanes) is 1. The highest BCUT2D eigenvalue weighted by Gasteiger charge is 2.10. The minimum Gasteiger partial charge on any atom is -0.379 e. The second kappa shape index (κ2) is 10.2. The van der Waals surface area contributed by atoms with Gasteiger partial charge in [-0.3, -0.25) is 4.79 Å². The van der Waals surface area contributed by atoms with E-state index >= 15 is 0 Å². The monoisotopic (exact) mass is 293 g/mol. The quantitative estimate of drug-likeness (QED) is 0.651. The smallest absolute Gasteiger partial charge is 0.255 e. The summed E-state index contributed by atoms with van der Waals surface area (Å²) in [7, 11) is 0. The molecular formula is C16H27N3O2. The Morgan fingerprint density at radius 1 is 1.33 bits per heavy atom. The van der Waals surface area contributed by atoms with E-state index in [-0.39, 0.29) is 12.0 Å². The van der Waals surface area contributed by atoms with Gasteiger partial charge in [-0.1, -0.05) is 6.92 Å². The number of ether oxygens (including phenoxy) is 1. The minimum absolute atomic E-state index is 0.0773. The molecule has 1 amide bonds. The second-order valence-corrected chi connectivity index (χ2v) is 5.21. The Balaban J connectivity index is 2.34. The second-order valence-electron chi connectivity index (χ2n) is 5.21. The van der Waals surface area contributed by atoms with E-state index in [0.717, 1.165) is 32.4 Å². The number of pyridine rings is 1. The molecule has 0 atom stereocenters. The molecule has 5 heteroatoms. The molecule has 0 aliphatic heterocycles. The summed E-state index contributed by atoms with van der Waals surface area (Å²) < 4.78 is 5.46. The van der Waals surface area contributed by atoms with Crippen LogP contribution in [0.25, 0.3) is 0 Å². The third-order valence-electron chi connectivity index (χ3n) is 2.90. The molecule has 0 aliphatic carbocycles. The molecule has 0 radical (unpaired) electrons. The summed E-state index contributed by atoms with van der Waals surface area (Å²) in [6.07, 6.45) is 4.82. The van der Waals surface area contributed by atoms with Crippen LogP contribution in [0.2, 0.25) is 0 Å². The van der Waals surface area contributed by atoms with Gasteiger partial charge in [0.2, 0.25) is 0 Å². The van der Waals surface area contributed by atoms with Crippen molar-refractivity contribution in [2.24, 2.45) is 0 Å². The lowest BCUT2D eigenvalue weighted by Gasteiger charge is -2.11. The van der Waals surface area contributed by atoms with Crippen molar-refractivity contribution < 1.29 is 9.53 Å². The molecule has 0 spiro atoms. The molecule has 21 heavy (non-hydrogen) atoms. The summed E-state index contributed by atoms with van der Waals surface area (Å²) in [5.74, 6) is 0.575. The molecule has 1 aromatic heterocycles. The van der Waals surface area contributed by atoms with E-state index in [9.17, 15) is 4.79 Å². The molecule has 0 aromatic carbocycles. The summed E-state index contributed by atoms with van der Waals surface area (Å²) in [6.45, 7) is 8.33. The highest BCUT2D eigenvalue weighted by Crippen LogP contribution is 2.11. The van der Waals surface area contributed by atoms with Crippen molar-refractivity contribution in [2.75, 3.05) is 25.0 Å². The molecular weight excluding hydrogens is 266 g/mol. The Morgan fingerprint density at radius 3 is 2.86 bits per heavy atom. The van der Waals surface area contributed by atoms with Crippen LogP contribution in [-0.2, 0) is 4.74 Å². The van der Waals surface area contributed by atoms with Crippen molar-refractivity contribution in [1.82, 2.24) is 10.3 Å². The van der Waals surface area contributed by atoms with Crippen LogP contribution in [0.1, 0.15) is 50.4 Å². The molecule has 1 heterocycles. The largest absolute Gasteiger partial charge is 0.379 e. The zero-order valence-electron chi connectivity index (χ0n) is 13.3. The highest BCUT2D eigenvalue weighted by molar-refractivity contribution is 5.98. The van der Waals surface area contributed by atoms with Gasteiger partial charge in [0.05, 0.1) is 11.7 Å². The predicted octanol–water partition coefficient (Wildman–Crippen LogP) is 2.84. The summed E-state index contributed by atoms with van der Waals surface area (Å²) in [5.41, 5.74) is 0.601. The lowest BCUT2D eigenvalue weighted by molar-refractivity contribution is 0.0754. The van der Waals surface area contributed by atoms with E-state index < -0.39 is 0 Å². The Kier molecular flexibility index (Phi) is 8.43. The van der Waals surface area contributed by atoms with Crippen molar-refractivity contribution in [1.29, 1.82) is 0 Å². The number of anilines is 1. The van der Waals surface area contributed by atoms with Crippen molar-refractivity contribution >= 4 is 11.7 Å². The van der Waals surface area contributed by atoms with Gasteiger partial charge in [0.1, 0.15) is 5.82 Å². The molecule has 0 saturated carbocycles. The number of rotatable bonds is 10. The van der Waals surface area contributed by atoms with E-state index in [0.29, 0.717) is 17.9 Å². The average Bonchev–Trinajstić information content (AvgIpc) is 2.48. The molecule has 118 valence electrons. The normalized spacial score (nSPS) is 10.7. The molecule has 1 rings (SSSR count). The number of hydrogen-bond donors (Lipinski definition) is 2. The van der Waals surface area contributed by atoms with E-state index in [4.69, 9.17) is 4.74 Å². The van der Waals surface area contributed by atoms with Crippen LogP contribution in [0.15, 0.2) is 18.3 Å². The van der Waals surface area contributed by atoms with Gasteiger partial charge in [-0.25, -0.2) is 4.98 Å². The standard InChI is InChI=1S/C16H27N3O2/c1-4-9-17-15-14(8-7-11-18-15)16(20)19-10-5-6-12-21-13(2)3/h7-8,11,13H,4-6,9-10,12H2,1-3H3,(H,17,18)(H,19,20). The number of aromatic nitrogens is 1. The molecule has 5 nitrogen and oxygen atoms in total. The fourth-order valence-corrected chi connectivity index (χ4v) is 1.82. The van der Waals surface area contributed by atoms with Gasteiger partial charge in [0.25, 0.3) is 5.91 Å². The lowest BCUT2D eigenvalue weighted by atomic mass is 10.2. The first-order chi connectivity index (χ1) is 10.1. The summed E-state index contributed by atoms with van der Waals surface area (Å²) in [5, 5.41) is 6.10. The molecule has 1 aromatic rings. The van der Waals surface area contributed by atoms with Gasteiger partial charge in [-0.2, -0.15) is 0 Å². The SMILES string of the molecule is CCCNc1ncccc1C(=O)NCCCCOC(C)C. The molecule has 0 bridgehead atoms. The first kappa shape index (κ1) is 17.4. The van der Waals surface area contributed by atoms with E-state index in [1.807, 2.05) is 13.8 Å². The molecule has 0 unspecified atom stereocenters. The van der Waals surface area contributed by atoms with Crippen LogP contribution >= 0.6 is 0 Å². The summed E-state index contributed by atoms with van der Waals surface area (Å²) >= 11 is 0. The lowest BCUT2D eigenvalue weighted by Crippen LogP contribution is -2.26. The zero-order valence-corrected chi connectivity index (χ0v) is 13.3.